The van der Waals surface area contributed by atoms with Gasteiger partial charge >= 0.3 is 6.18 Å². The Kier molecular flexibility index (Phi) is 6.15. The molecule has 0 fully saturated rings. The highest BCUT2D eigenvalue weighted by Gasteiger charge is 2.39. The highest BCUT2D eigenvalue weighted by molar-refractivity contribution is 7.92. The quantitative estimate of drug-likeness (QED) is 0.205. The highest BCUT2D eigenvalue weighted by Crippen LogP contribution is 2.50. The van der Waals surface area contributed by atoms with Gasteiger partial charge in [0.2, 0.25) is 0 Å². The summed E-state index contributed by atoms with van der Waals surface area (Å²) in [6.45, 7) is 0. The molecule has 0 saturated heterocycles. The number of rotatable bonds is 5. The van der Waals surface area contributed by atoms with E-state index in [1.54, 1.807) is 12.1 Å². The van der Waals surface area contributed by atoms with E-state index in [0.717, 1.165) is 23.3 Å². The second-order valence-electron chi connectivity index (χ2n) is 8.87. The molecule has 37 heavy (non-hydrogen) atoms. The fourth-order valence-electron chi connectivity index (χ4n) is 4.92. The number of nitro benzene ring substituents is 1. The second kappa shape index (κ2) is 9.07. The monoisotopic (exact) mass is 549 g/mol. The molecule has 12 heteroatoms. The van der Waals surface area contributed by atoms with Gasteiger partial charge in [-0.3, -0.25) is 14.8 Å². The lowest BCUT2D eigenvalue weighted by Gasteiger charge is -2.37. The molecule has 5 rings (SSSR count). The first-order valence-corrected chi connectivity index (χ1v) is 13.0. The molecule has 7 nitrogen and oxygen atoms in total. The third kappa shape index (κ3) is 4.76. The Balaban J connectivity index is 1.47. The second-order valence-corrected chi connectivity index (χ2v) is 11.0. The van der Waals surface area contributed by atoms with Gasteiger partial charge in [0, 0.05) is 29.4 Å². The summed E-state index contributed by atoms with van der Waals surface area (Å²) in [4.78, 5) is 10.7. The van der Waals surface area contributed by atoms with Crippen molar-refractivity contribution in [1.82, 2.24) is 0 Å². The molecule has 0 amide bonds. The molecule has 2 N–H and O–H groups in total. The molecule has 192 valence electrons. The third-order valence-electron chi connectivity index (χ3n) is 6.61. The molecule has 3 aromatic rings. The maximum atomic E-state index is 13.2. The van der Waals surface area contributed by atoms with Gasteiger partial charge < -0.3 is 5.32 Å². The lowest BCUT2D eigenvalue weighted by atomic mass is 9.77. The number of anilines is 2. The van der Waals surface area contributed by atoms with E-state index >= 15 is 0 Å². The SMILES string of the molecule is O=[N+]([O-])c1cccc([C@H]2Nc3ccc(S(=O)(=O)Nc4ccc(Cl)c(C(F)(F)F)c4)cc3[C@H]3C=CC[C@H]32)c1. The summed E-state index contributed by atoms with van der Waals surface area (Å²) < 4.78 is 68.0. The largest absolute Gasteiger partial charge is 0.417 e. The van der Waals surface area contributed by atoms with Crippen LogP contribution in [0.5, 0.6) is 0 Å². The van der Waals surface area contributed by atoms with Crippen molar-refractivity contribution < 1.29 is 26.5 Å². The number of nitrogens with zero attached hydrogens (tertiary/aromatic N) is 1. The van der Waals surface area contributed by atoms with Crippen molar-refractivity contribution in [2.75, 3.05) is 10.0 Å². The Morgan fingerprint density at radius 2 is 1.86 bits per heavy atom. The summed E-state index contributed by atoms with van der Waals surface area (Å²) in [7, 11) is -4.22. The summed E-state index contributed by atoms with van der Waals surface area (Å²) in [6.07, 6.45) is -0.0875. The van der Waals surface area contributed by atoms with Crippen molar-refractivity contribution in [2.45, 2.75) is 29.5 Å². The van der Waals surface area contributed by atoms with Crippen LogP contribution in [0.3, 0.4) is 0 Å². The van der Waals surface area contributed by atoms with Crippen LogP contribution < -0.4 is 10.0 Å². The van der Waals surface area contributed by atoms with E-state index in [0.29, 0.717) is 18.2 Å². The number of nitrogens with one attached hydrogen (secondary N) is 2. The third-order valence-corrected chi connectivity index (χ3v) is 8.32. The van der Waals surface area contributed by atoms with Crippen molar-refractivity contribution in [3.8, 4) is 0 Å². The molecule has 0 aromatic heterocycles. The van der Waals surface area contributed by atoms with Gasteiger partial charge in [0.05, 0.1) is 26.4 Å². The Bertz CT molecular complexity index is 1540. The van der Waals surface area contributed by atoms with Crippen molar-refractivity contribution in [3.05, 3.63) is 105 Å². The molecule has 1 aliphatic heterocycles. The fraction of sp³-hybridized carbons (Fsp3) is 0.200. The lowest BCUT2D eigenvalue weighted by molar-refractivity contribution is -0.384. The minimum atomic E-state index is -4.74. The van der Waals surface area contributed by atoms with E-state index in [9.17, 15) is 31.7 Å². The predicted octanol–water partition coefficient (Wildman–Crippen LogP) is 6.89. The van der Waals surface area contributed by atoms with Crippen molar-refractivity contribution >= 4 is 38.7 Å². The topological polar surface area (TPSA) is 101 Å². The molecule has 0 unspecified atom stereocenters. The average molecular weight is 550 g/mol. The first kappa shape index (κ1) is 25.1. The molecule has 0 spiro atoms. The van der Waals surface area contributed by atoms with Crippen LogP contribution in [0.25, 0.3) is 0 Å². The fourth-order valence-corrected chi connectivity index (χ4v) is 6.23. The maximum absolute atomic E-state index is 13.2. The van der Waals surface area contributed by atoms with Gasteiger partial charge in [-0.05, 0) is 59.9 Å². The molecular weight excluding hydrogens is 531 g/mol. The first-order valence-electron chi connectivity index (χ1n) is 11.1. The zero-order valence-corrected chi connectivity index (χ0v) is 20.4. The molecule has 1 aliphatic carbocycles. The average Bonchev–Trinajstić information content (AvgIpc) is 3.34. The highest BCUT2D eigenvalue weighted by atomic mass is 35.5. The zero-order chi connectivity index (χ0) is 26.5. The lowest BCUT2D eigenvalue weighted by Crippen LogP contribution is -2.29. The minimum absolute atomic E-state index is 0.00831. The van der Waals surface area contributed by atoms with Crippen LogP contribution in [0.2, 0.25) is 5.02 Å². The van der Waals surface area contributed by atoms with E-state index in [4.69, 9.17) is 11.6 Å². The van der Waals surface area contributed by atoms with Crippen LogP contribution in [0.4, 0.5) is 30.2 Å². The molecule has 3 aromatic carbocycles. The molecule has 2 aliphatic rings. The zero-order valence-electron chi connectivity index (χ0n) is 18.9. The van der Waals surface area contributed by atoms with Gasteiger partial charge in [-0.1, -0.05) is 35.9 Å². The number of hydrogen-bond donors (Lipinski definition) is 2. The van der Waals surface area contributed by atoms with Crippen LogP contribution in [-0.2, 0) is 16.2 Å². The van der Waals surface area contributed by atoms with Gasteiger partial charge in [0.1, 0.15) is 0 Å². The van der Waals surface area contributed by atoms with Gasteiger partial charge in [0.25, 0.3) is 15.7 Å². The maximum Gasteiger partial charge on any atom is 0.417 e. The van der Waals surface area contributed by atoms with E-state index in [1.807, 2.05) is 18.2 Å². The van der Waals surface area contributed by atoms with Crippen LogP contribution in [0.15, 0.2) is 77.7 Å². The molecule has 3 atom stereocenters. The van der Waals surface area contributed by atoms with Crippen LogP contribution in [0.1, 0.15) is 35.1 Å². The van der Waals surface area contributed by atoms with E-state index in [-0.39, 0.29) is 34.1 Å². The van der Waals surface area contributed by atoms with E-state index in [2.05, 4.69) is 10.0 Å². The van der Waals surface area contributed by atoms with E-state index < -0.39 is 31.7 Å². The number of hydrogen-bond acceptors (Lipinski definition) is 5. The summed E-state index contributed by atoms with van der Waals surface area (Å²) in [5.74, 6) is -0.158. The predicted molar refractivity (Wildman–Crippen MR) is 133 cm³/mol. The van der Waals surface area contributed by atoms with Crippen molar-refractivity contribution in [2.24, 2.45) is 5.92 Å². The number of nitro groups is 1. The number of non-ortho nitro benzene ring substituents is 1. The van der Waals surface area contributed by atoms with Crippen molar-refractivity contribution in [3.63, 3.8) is 0 Å². The molecule has 0 saturated carbocycles. The van der Waals surface area contributed by atoms with Crippen LogP contribution >= 0.6 is 11.6 Å². The Labute approximate surface area is 215 Å². The number of allylic oxidation sites excluding steroid dienone is 2. The Morgan fingerprint density at radius 3 is 2.59 bits per heavy atom. The molecular formula is C25H19ClF3N3O4S. The first-order chi connectivity index (χ1) is 17.4. The molecule has 0 bridgehead atoms. The van der Waals surface area contributed by atoms with Crippen LogP contribution in [0, 0.1) is 16.0 Å². The number of sulfonamides is 1. The Morgan fingerprint density at radius 1 is 1.08 bits per heavy atom. The van der Waals surface area contributed by atoms with Gasteiger partial charge in [0.15, 0.2) is 0 Å². The number of halogens is 4. The van der Waals surface area contributed by atoms with Crippen LogP contribution in [-0.4, -0.2) is 13.3 Å². The number of alkyl halides is 3. The summed E-state index contributed by atoms with van der Waals surface area (Å²) >= 11 is 5.64. The van der Waals surface area contributed by atoms with Crippen molar-refractivity contribution in [1.29, 1.82) is 0 Å². The normalized spacial score (nSPS) is 20.6. The molecule has 1 heterocycles. The summed E-state index contributed by atoms with van der Waals surface area (Å²) in [6, 6.07) is 13.4. The number of fused-ring (bicyclic) bond motifs is 3. The Hall–Kier alpha value is -3.57. The summed E-state index contributed by atoms with van der Waals surface area (Å²) in [5, 5.41) is 14.1. The van der Waals surface area contributed by atoms with Gasteiger partial charge in [-0.15, -0.1) is 0 Å². The van der Waals surface area contributed by atoms with E-state index in [1.165, 1.54) is 24.3 Å². The number of benzene rings is 3. The smallest absolute Gasteiger partial charge is 0.378 e. The van der Waals surface area contributed by atoms with Gasteiger partial charge in [-0.25, -0.2) is 8.42 Å². The minimum Gasteiger partial charge on any atom is -0.378 e. The standard InChI is InChI=1S/C25H19ClF3N3O4S/c26-22-9-7-15(12-21(22)25(27,28)29)31-37(35,36)17-8-10-23-20(13-17)18-5-2-6-19(18)24(30-23)14-3-1-4-16(11-14)32(33)34/h1-5,7-13,18-19,24,30-31H,6H2/t18-,19+,24+/m0/s1. The summed E-state index contributed by atoms with van der Waals surface area (Å²) in [5.41, 5.74) is 0.715. The molecule has 0 radical (unpaired) electrons. The van der Waals surface area contributed by atoms with Gasteiger partial charge in [-0.2, -0.15) is 13.2 Å².